The van der Waals surface area contributed by atoms with Crippen LogP contribution in [0.1, 0.15) is 19.3 Å². The predicted octanol–water partition coefficient (Wildman–Crippen LogP) is 3.38. The van der Waals surface area contributed by atoms with E-state index in [1.807, 2.05) is 4.90 Å². The molecule has 0 aromatic heterocycles. The molecule has 1 aliphatic heterocycles. The van der Waals surface area contributed by atoms with Crippen LogP contribution in [0.2, 0.25) is 10.0 Å². The highest BCUT2D eigenvalue weighted by atomic mass is 35.5. The number of carbonyl (C=O) groups excluding carboxylic acids is 1. The molecule has 2 N–H and O–H groups in total. The van der Waals surface area contributed by atoms with Crippen LogP contribution in [0, 0.1) is 5.92 Å². The Morgan fingerprint density at radius 3 is 2.36 bits per heavy atom. The molecular formula is C15H21Cl3N2O2. The molecule has 1 fully saturated rings. The maximum atomic E-state index is 11.7. The van der Waals surface area contributed by atoms with Gasteiger partial charge in [-0.1, -0.05) is 23.2 Å². The van der Waals surface area contributed by atoms with Gasteiger partial charge in [0, 0.05) is 36.1 Å². The lowest BCUT2D eigenvalue weighted by molar-refractivity contribution is -0.132. The molecule has 1 heterocycles. The normalized spacial score (nSPS) is 15.3. The van der Waals surface area contributed by atoms with Gasteiger partial charge < -0.3 is 15.4 Å². The summed E-state index contributed by atoms with van der Waals surface area (Å²) in [5.74, 6) is 1.29. The van der Waals surface area contributed by atoms with Crippen molar-refractivity contribution in [2.24, 2.45) is 11.7 Å². The topological polar surface area (TPSA) is 55.6 Å². The summed E-state index contributed by atoms with van der Waals surface area (Å²) < 4.78 is 5.76. The third-order valence-electron chi connectivity index (χ3n) is 3.65. The fourth-order valence-corrected chi connectivity index (χ4v) is 2.96. The Kier molecular flexibility index (Phi) is 8.33. The molecule has 0 saturated carbocycles. The lowest BCUT2D eigenvalue weighted by atomic mass is 9.97. The minimum absolute atomic E-state index is 0. The van der Waals surface area contributed by atoms with E-state index >= 15 is 0 Å². The Bertz CT molecular complexity index is 471. The number of nitrogens with two attached hydrogens (primary N) is 1. The van der Waals surface area contributed by atoms with Gasteiger partial charge in [0.2, 0.25) is 5.91 Å². The van der Waals surface area contributed by atoms with Crippen molar-refractivity contribution < 1.29 is 9.53 Å². The Morgan fingerprint density at radius 2 is 1.82 bits per heavy atom. The second kappa shape index (κ2) is 9.46. The summed E-state index contributed by atoms with van der Waals surface area (Å²) in [5, 5.41) is 1.14. The molecule has 124 valence electrons. The van der Waals surface area contributed by atoms with E-state index in [0.717, 1.165) is 25.9 Å². The van der Waals surface area contributed by atoms with Gasteiger partial charge in [0.1, 0.15) is 5.75 Å². The highest BCUT2D eigenvalue weighted by Crippen LogP contribution is 2.26. The number of likely N-dealkylation sites (tertiary alicyclic amines) is 1. The molecule has 0 atom stereocenters. The third kappa shape index (κ3) is 5.84. The van der Waals surface area contributed by atoms with Gasteiger partial charge in [-0.05, 0) is 37.0 Å². The molecule has 4 nitrogen and oxygen atoms in total. The summed E-state index contributed by atoms with van der Waals surface area (Å²) in [5.41, 5.74) is 5.41. The van der Waals surface area contributed by atoms with Gasteiger partial charge in [0.25, 0.3) is 0 Å². The van der Waals surface area contributed by atoms with E-state index in [1.54, 1.807) is 18.2 Å². The van der Waals surface area contributed by atoms with Gasteiger partial charge in [-0.15, -0.1) is 12.4 Å². The van der Waals surface area contributed by atoms with Gasteiger partial charge in [0.05, 0.1) is 6.61 Å². The number of piperidine rings is 1. The molecule has 0 unspecified atom stereocenters. The summed E-state index contributed by atoms with van der Waals surface area (Å²) >= 11 is 11.9. The first-order valence-electron chi connectivity index (χ1n) is 7.15. The fraction of sp³-hybridized carbons (Fsp3) is 0.533. The van der Waals surface area contributed by atoms with Crippen LogP contribution in [0.15, 0.2) is 18.2 Å². The molecule has 0 bridgehead atoms. The first-order valence-corrected chi connectivity index (χ1v) is 7.91. The summed E-state index contributed by atoms with van der Waals surface area (Å²) in [7, 11) is 0. The van der Waals surface area contributed by atoms with Crippen molar-refractivity contribution in [1.29, 1.82) is 0 Å². The first-order chi connectivity index (χ1) is 10.1. The van der Waals surface area contributed by atoms with Crippen molar-refractivity contribution in [3.05, 3.63) is 28.2 Å². The number of ether oxygens (including phenoxy) is 1. The predicted molar refractivity (Wildman–Crippen MR) is 92.2 cm³/mol. The van der Waals surface area contributed by atoms with Crippen molar-refractivity contribution in [2.45, 2.75) is 19.3 Å². The Balaban J connectivity index is 0.00000242. The summed E-state index contributed by atoms with van der Waals surface area (Å²) in [4.78, 5) is 13.6. The van der Waals surface area contributed by atoms with Gasteiger partial charge in [-0.25, -0.2) is 0 Å². The van der Waals surface area contributed by atoms with Crippen LogP contribution in [-0.4, -0.2) is 37.0 Å². The standard InChI is InChI=1S/C15H20Cl2N2O2.ClH/c16-12-7-13(17)9-14(8-12)21-10-11-2-5-19(6-3-11)15(20)1-4-18;/h7-9,11H,1-6,10,18H2;1H. The molecule has 1 aromatic rings. The number of benzene rings is 1. The van der Waals surface area contributed by atoms with E-state index in [9.17, 15) is 4.79 Å². The fourth-order valence-electron chi connectivity index (χ4n) is 2.46. The molecule has 22 heavy (non-hydrogen) atoms. The molecular weight excluding hydrogens is 347 g/mol. The zero-order chi connectivity index (χ0) is 15.2. The average molecular weight is 368 g/mol. The SMILES string of the molecule is Cl.NCCC(=O)N1CCC(COc2cc(Cl)cc(Cl)c2)CC1. The van der Waals surface area contributed by atoms with Gasteiger partial charge in [0.15, 0.2) is 0 Å². The second-order valence-electron chi connectivity index (χ2n) is 5.28. The largest absolute Gasteiger partial charge is 0.493 e. The van der Waals surface area contributed by atoms with Crippen LogP contribution in [0.25, 0.3) is 0 Å². The number of hydrogen-bond donors (Lipinski definition) is 1. The maximum Gasteiger partial charge on any atom is 0.223 e. The second-order valence-corrected chi connectivity index (χ2v) is 6.15. The van der Waals surface area contributed by atoms with Crippen molar-refractivity contribution in [3.63, 3.8) is 0 Å². The van der Waals surface area contributed by atoms with E-state index < -0.39 is 0 Å². The third-order valence-corrected chi connectivity index (χ3v) is 4.08. The van der Waals surface area contributed by atoms with Crippen molar-refractivity contribution in [2.75, 3.05) is 26.2 Å². The Labute approximate surface area is 147 Å². The number of rotatable bonds is 5. The van der Waals surface area contributed by atoms with Crippen LogP contribution >= 0.6 is 35.6 Å². The van der Waals surface area contributed by atoms with Crippen LogP contribution in [0.5, 0.6) is 5.75 Å². The molecule has 0 spiro atoms. The van der Waals surface area contributed by atoms with Crippen LogP contribution < -0.4 is 10.5 Å². The minimum Gasteiger partial charge on any atom is -0.493 e. The van der Waals surface area contributed by atoms with E-state index in [1.165, 1.54) is 0 Å². The number of carbonyl (C=O) groups is 1. The zero-order valence-electron chi connectivity index (χ0n) is 12.3. The summed E-state index contributed by atoms with van der Waals surface area (Å²) in [6.45, 7) is 2.60. The molecule has 1 aliphatic rings. The van der Waals surface area contributed by atoms with Gasteiger partial charge in [-0.2, -0.15) is 0 Å². The smallest absolute Gasteiger partial charge is 0.223 e. The van der Waals surface area contributed by atoms with Gasteiger partial charge >= 0.3 is 0 Å². The van der Waals surface area contributed by atoms with Crippen LogP contribution in [0.3, 0.4) is 0 Å². The monoisotopic (exact) mass is 366 g/mol. The lowest BCUT2D eigenvalue weighted by Crippen LogP contribution is -2.40. The molecule has 7 heteroatoms. The first kappa shape index (κ1) is 19.4. The van der Waals surface area contributed by atoms with Crippen molar-refractivity contribution in [1.82, 2.24) is 4.90 Å². The molecule has 2 rings (SSSR count). The van der Waals surface area contributed by atoms with Gasteiger partial charge in [-0.3, -0.25) is 4.79 Å². The highest BCUT2D eigenvalue weighted by molar-refractivity contribution is 6.34. The van der Waals surface area contributed by atoms with E-state index in [0.29, 0.717) is 41.3 Å². The quantitative estimate of drug-likeness (QED) is 0.868. The van der Waals surface area contributed by atoms with E-state index in [4.69, 9.17) is 33.7 Å². The van der Waals surface area contributed by atoms with Crippen molar-refractivity contribution >= 4 is 41.5 Å². The zero-order valence-corrected chi connectivity index (χ0v) is 14.6. The molecule has 1 saturated heterocycles. The van der Waals surface area contributed by atoms with E-state index in [2.05, 4.69) is 0 Å². The molecule has 0 aliphatic carbocycles. The molecule has 1 aromatic carbocycles. The van der Waals surface area contributed by atoms with Crippen LogP contribution in [0.4, 0.5) is 0 Å². The minimum atomic E-state index is 0. The Morgan fingerprint density at radius 1 is 1.23 bits per heavy atom. The number of hydrogen-bond acceptors (Lipinski definition) is 3. The number of nitrogens with zero attached hydrogens (tertiary/aromatic N) is 1. The average Bonchev–Trinajstić information content (AvgIpc) is 2.45. The summed E-state index contributed by atoms with van der Waals surface area (Å²) in [6.07, 6.45) is 2.33. The van der Waals surface area contributed by atoms with Crippen molar-refractivity contribution in [3.8, 4) is 5.75 Å². The van der Waals surface area contributed by atoms with Crippen LogP contribution in [-0.2, 0) is 4.79 Å². The van der Waals surface area contributed by atoms with E-state index in [-0.39, 0.29) is 18.3 Å². The molecule has 0 radical (unpaired) electrons. The highest BCUT2D eigenvalue weighted by Gasteiger charge is 2.22. The lowest BCUT2D eigenvalue weighted by Gasteiger charge is -2.32. The summed E-state index contributed by atoms with van der Waals surface area (Å²) in [6, 6.07) is 5.19. The number of halogens is 3. The Hall–Kier alpha value is -0.680. The number of amides is 1. The molecule has 1 amide bonds. The maximum absolute atomic E-state index is 11.7.